The number of ketones is 1. The third-order valence-corrected chi connectivity index (χ3v) is 4.49. The molecule has 20 heavy (non-hydrogen) atoms. The van der Waals surface area contributed by atoms with Gasteiger partial charge >= 0.3 is 5.97 Å². The molecule has 1 saturated carbocycles. The molecule has 1 aliphatic heterocycles. The third-order valence-electron chi connectivity index (χ3n) is 3.97. The number of Topliss-reactive ketones (excluding diaryl/α,β-unsaturated/α-hetero) is 1. The van der Waals surface area contributed by atoms with Crippen LogP contribution in [0.25, 0.3) is 0 Å². The van der Waals surface area contributed by atoms with E-state index in [1.165, 1.54) is 0 Å². The normalized spacial score (nSPS) is 27.4. The van der Waals surface area contributed by atoms with Crippen molar-refractivity contribution in [3.63, 3.8) is 0 Å². The largest absolute Gasteiger partial charge is 0.481 e. The van der Waals surface area contributed by atoms with Crippen molar-refractivity contribution in [1.29, 1.82) is 0 Å². The van der Waals surface area contributed by atoms with Crippen molar-refractivity contribution in [2.45, 2.75) is 25.3 Å². The summed E-state index contributed by atoms with van der Waals surface area (Å²) in [5.74, 6) is -1.76. The van der Waals surface area contributed by atoms with Gasteiger partial charge in [-0.05, 0) is 37.0 Å². The van der Waals surface area contributed by atoms with Gasteiger partial charge in [-0.1, -0.05) is 23.2 Å². The quantitative estimate of drug-likeness (QED) is 0.900. The van der Waals surface area contributed by atoms with Crippen LogP contribution in [0.15, 0.2) is 12.1 Å². The molecule has 0 spiro atoms. The van der Waals surface area contributed by atoms with Crippen LogP contribution < -0.4 is 5.32 Å². The van der Waals surface area contributed by atoms with Gasteiger partial charge in [0.15, 0.2) is 5.78 Å². The maximum atomic E-state index is 12.3. The number of carboxylic acids is 1. The first-order valence-electron chi connectivity index (χ1n) is 6.48. The zero-order chi connectivity index (χ0) is 14.4. The highest BCUT2D eigenvalue weighted by molar-refractivity contribution is 6.36. The Kier molecular flexibility index (Phi) is 3.38. The molecule has 1 aromatic rings. The first kappa shape index (κ1) is 13.7. The fraction of sp³-hybridized carbons (Fsp3) is 0.429. The van der Waals surface area contributed by atoms with Crippen molar-refractivity contribution in [3.8, 4) is 0 Å². The molecular weight excluding hydrogens is 301 g/mol. The van der Waals surface area contributed by atoms with Crippen molar-refractivity contribution >= 4 is 40.6 Å². The van der Waals surface area contributed by atoms with Gasteiger partial charge in [0.1, 0.15) is 0 Å². The van der Waals surface area contributed by atoms with E-state index in [0.717, 1.165) is 11.3 Å². The molecule has 0 aromatic heterocycles. The molecule has 1 aliphatic carbocycles. The number of halogens is 2. The number of carboxylic acid groups (broad SMARTS) is 1. The molecule has 3 rings (SSSR count). The lowest BCUT2D eigenvalue weighted by Gasteiger charge is -2.27. The van der Waals surface area contributed by atoms with E-state index in [-0.39, 0.29) is 17.7 Å². The maximum Gasteiger partial charge on any atom is 0.307 e. The number of carbonyl (C=O) groups is 2. The van der Waals surface area contributed by atoms with E-state index in [4.69, 9.17) is 28.3 Å². The zero-order valence-corrected chi connectivity index (χ0v) is 12.0. The number of rotatable bonds is 3. The summed E-state index contributed by atoms with van der Waals surface area (Å²) in [7, 11) is 0. The predicted molar refractivity (Wildman–Crippen MR) is 76.4 cm³/mol. The Morgan fingerprint density at radius 3 is 2.65 bits per heavy atom. The topological polar surface area (TPSA) is 66.4 Å². The second-order valence-corrected chi connectivity index (χ2v) is 6.19. The highest BCUT2D eigenvalue weighted by Crippen LogP contribution is 2.42. The van der Waals surface area contributed by atoms with Crippen LogP contribution in [0.5, 0.6) is 0 Å². The molecule has 106 valence electrons. The molecule has 1 heterocycles. The minimum atomic E-state index is -0.885. The second-order valence-electron chi connectivity index (χ2n) is 5.35. The molecule has 6 heteroatoms. The minimum absolute atomic E-state index is 0.0194. The summed E-state index contributed by atoms with van der Waals surface area (Å²) in [6.07, 6.45) is 1.81. The number of carbonyl (C=O) groups excluding carboxylic acids is 1. The van der Waals surface area contributed by atoms with Crippen LogP contribution in [0.4, 0.5) is 5.69 Å². The Labute approximate surface area is 126 Å². The molecule has 3 atom stereocenters. The lowest BCUT2D eigenvalue weighted by Crippen LogP contribution is -2.35. The zero-order valence-electron chi connectivity index (χ0n) is 10.5. The van der Waals surface area contributed by atoms with Crippen molar-refractivity contribution in [1.82, 2.24) is 0 Å². The summed E-state index contributed by atoms with van der Waals surface area (Å²) >= 11 is 12.1. The molecule has 4 nitrogen and oxygen atoms in total. The highest BCUT2D eigenvalue weighted by atomic mass is 35.5. The van der Waals surface area contributed by atoms with Gasteiger partial charge in [-0.25, -0.2) is 0 Å². The summed E-state index contributed by atoms with van der Waals surface area (Å²) in [4.78, 5) is 23.1. The first-order chi connectivity index (χ1) is 9.47. The molecule has 0 saturated heterocycles. The lowest BCUT2D eigenvalue weighted by molar-refractivity contribution is -0.140. The number of aryl methyl sites for hydroxylation is 1. The third kappa shape index (κ3) is 2.38. The summed E-state index contributed by atoms with van der Waals surface area (Å²) in [5, 5.41) is 13.1. The number of hydrogen-bond donors (Lipinski definition) is 2. The number of benzene rings is 1. The Balaban J connectivity index is 1.76. The predicted octanol–water partition coefficient (Wildman–Crippen LogP) is 3.01. The fourth-order valence-corrected chi connectivity index (χ4v) is 3.38. The van der Waals surface area contributed by atoms with Crippen molar-refractivity contribution in [2.75, 3.05) is 5.32 Å². The van der Waals surface area contributed by atoms with E-state index >= 15 is 0 Å². The molecule has 0 bridgehead atoms. The van der Waals surface area contributed by atoms with Crippen molar-refractivity contribution in [2.24, 2.45) is 11.8 Å². The highest BCUT2D eigenvalue weighted by Gasteiger charge is 2.50. The van der Waals surface area contributed by atoms with Crippen molar-refractivity contribution < 1.29 is 14.7 Å². The Hall–Kier alpha value is -1.26. The van der Waals surface area contributed by atoms with E-state index in [0.29, 0.717) is 29.3 Å². The number of aliphatic carboxylic acids is 1. The fourth-order valence-electron chi connectivity index (χ4n) is 2.79. The Morgan fingerprint density at radius 2 is 2.00 bits per heavy atom. The summed E-state index contributed by atoms with van der Waals surface area (Å²) < 4.78 is 0. The molecule has 0 amide bonds. The maximum absolute atomic E-state index is 12.3. The number of hydrogen-bond acceptors (Lipinski definition) is 3. The number of nitrogens with one attached hydrogen (secondary N) is 1. The van der Waals surface area contributed by atoms with Crippen LogP contribution in [0, 0.1) is 11.8 Å². The van der Waals surface area contributed by atoms with Gasteiger partial charge in [0.2, 0.25) is 0 Å². The molecule has 2 N–H and O–H groups in total. The molecular formula is C14H13Cl2NO3. The van der Waals surface area contributed by atoms with Crippen LogP contribution in [-0.2, 0) is 16.0 Å². The average molecular weight is 314 g/mol. The van der Waals surface area contributed by atoms with E-state index < -0.39 is 11.9 Å². The van der Waals surface area contributed by atoms with Gasteiger partial charge in [0, 0.05) is 10.9 Å². The summed E-state index contributed by atoms with van der Waals surface area (Å²) in [5.41, 5.74) is 1.74. The Morgan fingerprint density at radius 1 is 1.25 bits per heavy atom. The van der Waals surface area contributed by atoms with E-state index in [1.807, 2.05) is 6.07 Å². The number of anilines is 1. The summed E-state index contributed by atoms with van der Waals surface area (Å²) in [6, 6.07) is 3.13. The van der Waals surface area contributed by atoms with Crippen LogP contribution in [0.1, 0.15) is 18.4 Å². The van der Waals surface area contributed by atoms with E-state index in [1.54, 1.807) is 6.07 Å². The van der Waals surface area contributed by atoms with Crippen LogP contribution in [0.2, 0.25) is 10.0 Å². The van der Waals surface area contributed by atoms with Gasteiger partial charge in [-0.2, -0.15) is 0 Å². The van der Waals surface area contributed by atoms with Crippen LogP contribution in [0.3, 0.4) is 0 Å². The SMILES string of the molecule is O=C(O)C1CC1C(=O)C1CCc2cc(Cl)cc(Cl)c2N1. The van der Waals surface area contributed by atoms with Crippen molar-refractivity contribution in [3.05, 3.63) is 27.7 Å². The van der Waals surface area contributed by atoms with Gasteiger partial charge in [-0.3, -0.25) is 9.59 Å². The van der Waals surface area contributed by atoms with E-state index in [2.05, 4.69) is 5.32 Å². The van der Waals surface area contributed by atoms with E-state index in [9.17, 15) is 9.59 Å². The van der Waals surface area contributed by atoms with Crippen LogP contribution in [-0.4, -0.2) is 22.9 Å². The molecule has 2 aliphatic rings. The van der Waals surface area contributed by atoms with Gasteiger partial charge in [-0.15, -0.1) is 0 Å². The molecule has 1 aromatic carbocycles. The minimum Gasteiger partial charge on any atom is -0.481 e. The molecule has 1 fully saturated rings. The van der Waals surface area contributed by atoms with Gasteiger partial charge < -0.3 is 10.4 Å². The second kappa shape index (κ2) is 4.93. The van der Waals surface area contributed by atoms with Crippen LogP contribution >= 0.6 is 23.2 Å². The lowest BCUT2D eigenvalue weighted by atomic mass is 9.93. The molecule has 0 radical (unpaired) electrons. The number of fused-ring (bicyclic) bond motifs is 1. The smallest absolute Gasteiger partial charge is 0.307 e. The monoisotopic (exact) mass is 313 g/mol. The Bertz CT molecular complexity index is 602. The van der Waals surface area contributed by atoms with Gasteiger partial charge in [0.05, 0.1) is 22.7 Å². The average Bonchev–Trinajstić information content (AvgIpc) is 3.17. The molecule has 3 unspecified atom stereocenters. The standard InChI is InChI=1S/C14H13Cl2NO3/c15-7-3-6-1-2-11(17-12(6)10(16)4-7)13(18)8-5-9(8)14(19)20/h3-4,8-9,11,17H,1-2,5H2,(H,19,20). The summed E-state index contributed by atoms with van der Waals surface area (Å²) in [6.45, 7) is 0. The van der Waals surface area contributed by atoms with Gasteiger partial charge in [0.25, 0.3) is 0 Å². The first-order valence-corrected chi connectivity index (χ1v) is 7.24.